The summed E-state index contributed by atoms with van der Waals surface area (Å²) in [6, 6.07) is 9.18. The number of alkyl halides is 6. The maximum atomic E-state index is 13.5. The normalized spacial score (nSPS) is 18.6. The number of ether oxygens (including phenoxy) is 2. The Balaban J connectivity index is 1.77. The number of anilines is 2. The molecule has 0 aliphatic carbocycles. The molecule has 1 amide bonds. The monoisotopic (exact) mass is 475 g/mol. The molecule has 2 N–H and O–H groups in total. The van der Waals surface area contributed by atoms with Crippen LogP contribution in [0.5, 0.6) is 5.75 Å². The van der Waals surface area contributed by atoms with Gasteiger partial charge in [-0.3, -0.25) is 5.32 Å². The Morgan fingerprint density at radius 3 is 2.39 bits per heavy atom. The number of carboxylic acid groups (broad SMARTS) is 1. The summed E-state index contributed by atoms with van der Waals surface area (Å²) in [6.45, 7) is -0.775. The van der Waals surface area contributed by atoms with E-state index in [2.05, 4.69) is 5.32 Å². The maximum absolute atomic E-state index is 13.5. The van der Waals surface area contributed by atoms with E-state index in [0.29, 0.717) is 11.0 Å². The zero-order valence-electron chi connectivity index (χ0n) is 16.4. The summed E-state index contributed by atoms with van der Waals surface area (Å²) in [4.78, 5) is 11.2. The molecule has 0 bridgehead atoms. The molecule has 2 aromatic rings. The predicted molar refractivity (Wildman–Crippen MR) is 102 cm³/mol. The van der Waals surface area contributed by atoms with Gasteiger partial charge < -0.3 is 19.5 Å². The van der Waals surface area contributed by atoms with Crippen molar-refractivity contribution in [1.82, 2.24) is 0 Å². The van der Waals surface area contributed by atoms with Gasteiger partial charge in [-0.1, -0.05) is 0 Å². The largest absolute Gasteiger partial charge is 0.491 e. The molecule has 0 radical (unpaired) electrons. The average Bonchev–Trinajstić information content (AvgIpc) is 3.17. The Labute approximate surface area is 182 Å². The van der Waals surface area contributed by atoms with Crippen LogP contribution >= 0.6 is 0 Å². The standard InChI is InChI=1S/C20H15F6N3O4/c21-19(22,23)16-7-13(4-1-11(16)8-27)29-9-15(33-17(29)20(24,25)26)10-32-14-5-2-12(3-6-14)28-18(30)31/h1-7,15,17,28H,9-10H2,(H,30,31)/t15-,17+/m0/s1. The highest BCUT2D eigenvalue weighted by Gasteiger charge is 2.51. The summed E-state index contributed by atoms with van der Waals surface area (Å²) in [5, 5.41) is 19.6. The van der Waals surface area contributed by atoms with Gasteiger partial charge in [-0.2, -0.15) is 31.6 Å². The fourth-order valence-corrected chi connectivity index (χ4v) is 3.19. The lowest BCUT2D eigenvalue weighted by molar-refractivity contribution is -0.215. The number of rotatable bonds is 5. The van der Waals surface area contributed by atoms with Crippen LogP contribution in [-0.2, 0) is 10.9 Å². The number of nitriles is 1. The first-order valence-corrected chi connectivity index (χ1v) is 9.21. The molecule has 2 aromatic carbocycles. The number of halogens is 6. The van der Waals surface area contributed by atoms with E-state index >= 15 is 0 Å². The van der Waals surface area contributed by atoms with Crippen LogP contribution in [0.15, 0.2) is 42.5 Å². The van der Waals surface area contributed by atoms with Crippen LogP contribution in [0.25, 0.3) is 0 Å². The van der Waals surface area contributed by atoms with Crippen LogP contribution in [0.3, 0.4) is 0 Å². The molecule has 0 saturated carbocycles. The summed E-state index contributed by atoms with van der Waals surface area (Å²) < 4.78 is 90.7. The van der Waals surface area contributed by atoms with E-state index in [1.807, 2.05) is 0 Å². The summed E-state index contributed by atoms with van der Waals surface area (Å²) in [5.74, 6) is 0.217. The molecular formula is C20H15F6N3O4. The molecule has 1 saturated heterocycles. The lowest BCUT2D eigenvalue weighted by Crippen LogP contribution is -2.42. The lowest BCUT2D eigenvalue weighted by atomic mass is 10.1. The van der Waals surface area contributed by atoms with E-state index in [1.165, 1.54) is 30.3 Å². The van der Waals surface area contributed by atoms with Gasteiger partial charge in [0.15, 0.2) is 0 Å². The van der Waals surface area contributed by atoms with Crippen molar-refractivity contribution in [1.29, 1.82) is 5.26 Å². The van der Waals surface area contributed by atoms with Crippen LogP contribution < -0.4 is 15.0 Å². The van der Waals surface area contributed by atoms with Crippen molar-refractivity contribution in [2.24, 2.45) is 0 Å². The molecule has 13 heteroatoms. The van der Waals surface area contributed by atoms with E-state index in [4.69, 9.17) is 19.8 Å². The molecule has 1 aliphatic heterocycles. The first kappa shape index (κ1) is 24.0. The van der Waals surface area contributed by atoms with Crippen LogP contribution in [0.2, 0.25) is 0 Å². The zero-order valence-corrected chi connectivity index (χ0v) is 16.4. The third kappa shape index (κ3) is 5.78. The number of benzene rings is 2. The second kappa shape index (κ2) is 9.07. The van der Waals surface area contributed by atoms with Gasteiger partial charge in [0.1, 0.15) is 18.5 Å². The highest BCUT2D eigenvalue weighted by molar-refractivity contribution is 5.82. The molecule has 1 fully saturated rings. The van der Waals surface area contributed by atoms with Gasteiger partial charge in [0, 0.05) is 11.4 Å². The van der Waals surface area contributed by atoms with Crippen molar-refractivity contribution in [3.63, 3.8) is 0 Å². The Bertz CT molecular complexity index is 1050. The summed E-state index contributed by atoms with van der Waals surface area (Å²) in [5.41, 5.74) is -2.22. The molecule has 176 valence electrons. The van der Waals surface area contributed by atoms with Crippen LogP contribution in [0.1, 0.15) is 11.1 Å². The molecule has 3 rings (SSSR count). The highest BCUT2D eigenvalue weighted by Crippen LogP contribution is 2.39. The summed E-state index contributed by atoms with van der Waals surface area (Å²) >= 11 is 0. The molecule has 0 spiro atoms. The number of hydrogen-bond donors (Lipinski definition) is 2. The van der Waals surface area contributed by atoms with E-state index < -0.39 is 54.1 Å². The number of nitrogens with one attached hydrogen (secondary N) is 1. The third-order valence-corrected chi connectivity index (χ3v) is 4.59. The van der Waals surface area contributed by atoms with Gasteiger partial charge in [0.2, 0.25) is 6.23 Å². The Kier molecular flexibility index (Phi) is 6.59. The third-order valence-electron chi connectivity index (χ3n) is 4.59. The minimum absolute atomic E-state index is 0.217. The molecule has 33 heavy (non-hydrogen) atoms. The highest BCUT2D eigenvalue weighted by atomic mass is 19.4. The number of hydrogen-bond acceptors (Lipinski definition) is 5. The summed E-state index contributed by atoms with van der Waals surface area (Å²) in [7, 11) is 0. The van der Waals surface area contributed by atoms with Crippen molar-refractivity contribution >= 4 is 17.5 Å². The van der Waals surface area contributed by atoms with Crippen molar-refractivity contribution in [3.05, 3.63) is 53.6 Å². The van der Waals surface area contributed by atoms with Gasteiger partial charge in [-0.05, 0) is 42.5 Å². The topological polar surface area (TPSA) is 94.8 Å². The molecular weight excluding hydrogens is 460 g/mol. The Morgan fingerprint density at radius 2 is 1.85 bits per heavy atom. The Morgan fingerprint density at radius 1 is 1.18 bits per heavy atom. The fourth-order valence-electron chi connectivity index (χ4n) is 3.19. The van der Waals surface area contributed by atoms with Gasteiger partial charge in [0.25, 0.3) is 0 Å². The predicted octanol–water partition coefficient (Wildman–Crippen LogP) is 4.84. The first-order valence-electron chi connectivity index (χ1n) is 9.21. The molecule has 7 nitrogen and oxygen atoms in total. The quantitative estimate of drug-likeness (QED) is 0.601. The van der Waals surface area contributed by atoms with Crippen LogP contribution in [0, 0.1) is 11.3 Å². The van der Waals surface area contributed by atoms with Gasteiger partial charge in [-0.15, -0.1) is 0 Å². The van der Waals surface area contributed by atoms with Gasteiger partial charge >= 0.3 is 18.4 Å². The minimum atomic E-state index is -4.93. The average molecular weight is 475 g/mol. The van der Waals surface area contributed by atoms with Crippen molar-refractivity contribution in [2.75, 3.05) is 23.4 Å². The van der Waals surface area contributed by atoms with E-state index in [0.717, 1.165) is 12.1 Å². The van der Waals surface area contributed by atoms with E-state index in [-0.39, 0.29) is 18.0 Å². The van der Waals surface area contributed by atoms with Crippen molar-refractivity contribution in [2.45, 2.75) is 24.7 Å². The molecule has 0 aromatic heterocycles. The van der Waals surface area contributed by atoms with Crippen molar-refractivity contribution < 1.29 is 45.7 Å². The lowest BCUT2D eigenvalue weighted by Gasteiger charge is -2.27. The number of nitrogens with zero attached hydrogens (tertiary/aromatic N) is 2. The zero-order chi connectivity index (χ0) is 24.4. The fraction of sp³-hybridized carbons (Fsp3) is 0.300. The summed E-state index contributed by atoms with van der Waals surface area (Å²) in [6.07, 6.45) is -14.8. The molecule has 0 unspecified atom stereocenters. The SMILES string of the molecule is N#Cc1ccc(N2C[C@@H](COc3ccc(NC(=O)O)cc3)O[C@@H]2C(F)(F)F)cc1C(F)(F)F. The number of amides is 1. The Hall–Kier alpha value is -3.66. The van der Waals surface area contributed by atoms with E-state index in [1.54, 1.807) is 0 Å². The van der Waals surface area contributed by atoms with Gasteiger partial charge in [0.05, 0.1) is 23.7 Å². The minimum Gasteiger partial charge on any atom is -0.491 e. The smallest absolute Gasteiger partial charge is 0.433 e. The molecule has 1 aliphatic rings. The first-order chi connectivity index (χ1) is 15.4. The second-order valence-electron chi connectivity index (χ2n) is 6.91. The molecule has 1 heterocycles. The maximum Gasteiger partial charge on any atom is 0.433 e. The number of carbonyl (C=O) groups is 1. The second-order valence-corrected chi connectivity index (χ2v) is 6.91. The van der Waals surface area contributed by atoms with Gasteiger partial charge in [-0.25, -0.2) is 4.79 Å². The van der Waals surface area contributed by atoms with Crippen LogP contribution in [-0.4, -0.2) is 42.9 Å². The van der Waals surface area contributed by atoms with E-state index in [9.17, 15) is 31.1 Å². The molecule has 2 atom stereocenters. The van der Waals surface area contributed by atoms with Crippen molar-refractivity contribution in [3.8, 4) is 11.8 Å². The van der Waals surface area contributed by atoms with Crippen LogP contribution in [0.4, 0.5) is 42.5 Å².